The maximum absolute atomic E-state index is 5.99. The van der Waals surface area contributed by atoms with E-state index in [2.05, 4.69) is 27.5 Å². The third-order valence-corrected chi connectivity index (χ3v) is 5.26. The fourth-order valence-electron chi connectivity index (χ4n) is 3.83. The van der Waals surface area contributed by atoms with Crippen LogP contribution in [-0.4, -0.2) is 37.2 Å². The molecule has 1 aliphatic rings. The Morgan fingerprint density at radius 2 is 2.00 bits per heavy atom. The van der Waals surface area contributed by atoms with Crippen molar-refractivity contribution >= 4 is 29.9 Å². The van der Waals surface area contributed by atoms with E-state index >= 15 is 0 Å². The molecular formula is C22H33IN4O2. The number of nitrogens with one attached hydrogen (secondary N) is 2. The summed E-state index contributed by atoms with van der Waals surface area (Å²) in [6.45, 7) is 4.27. The Morgan fingerprint density at radius 1 is 1.24 bits per heavy atom. The monoisotopic (exact) mass is 512 g/mol. The van der Waals surface area contributed by atoms with E-state index in [4.69, 9.17) is 9.15 Å². The summed E-state index contributed by atoms with van der Waals surface area (Å²) >= 11 is 0. The van der Waals surface area contributed by atoms with Crippen LogP contribution in [0.3, 0.4) is 0 Å². The number of rotatable bonds is 9. The Morgan fingerprint density at radius 3 is 2.69 bits per heavy atom. The third kappa shape index (κ3) is 7.29. The number of guanidine groups is 1. The van der Waals surface area contributed by atoms with Gasteiger partial charge in [0.2, 0.25) is 5.89 Å². The molecule has 1 aromatic carbocycles. The highest BCUT2D eigenvalue weighted by Gasteiger charge is 2.25. The molecule has 0 spiro atoms. The van der Waals surface area contributed by atoms with E-state index in [1.165, 1.54) is 25.7 Å². The van der Waals surface area contributed by atoms with Crippen LogP contribution in [0.1, 0.15) is 44.7 Å². The van der Waals surface area contributed by atoms with Crippen LogP contribution in [0.15, 0.2) is 46.0 Å². The van der Waals surface area contributed by atoms with Crippen molar-refractivity contribution in [2.75, 3.05) is 20.2 Å². The molecule has 1 aliphatic carbocycles. The zero-order valence-electron chi connectivity index (χ0n) is 17.4. The van der Waals surface area contributed by atoms with Crippen molar-refractivity contribution in [1.29, 1.82) is 0 Å². The van der Waals surface area contributed by atoms with Crippen molar-refractivity contribution in [3.63, 3.8) is 0 Å². The summed E-state index contributed by atoms with van der Waals surface area (Å²) in [6.07, 6.45) is 8.32. The van der Waals surface area contributed by atoms with Gasteiger partial charge in [-0.15, -0.1) is 24.0 Å². The molecular weight excluding hydrogens is 479 g/mol. The Bertz CT molecular complexity index is 729. The first-order valence-corrected chi connectivity index (χ1v) is 10.4. The molecule has 2 N–H and O–H groups in total. The predicted molar refractivity (Wildman–Crippen MR) is 128 cm³/mol. The second kappa shape index (κ2) is 12.8. The average Bonchev–Trinajstić information content (AvgIpc) is 3.43. The van der Waals surface area contributed by atoms with Crippen LogP contribution in [0, 0.1) is 5.92 Å². The first-order valence-electron chi connectivity index (χ1n) is 10.4. The van der Waals surface area contributed by atoms with Crippen molar-refractivity contribution in [2.24, 2.45) is 10.9 Å². The molecule has 6 nitrogen and oxygen atoms in total. The van der Waals surface area contributed by atoms with Gasteiger partial charge in [0.15, 0.2) is 5.96 Å². The van der Waals surface area contributed by atoms with Gasteiger partial charge in [0.25, 0.3) is 0 Å². The SMILES string of the molecule is CCOC(CCNC(=NC)NCc1coc(-c2ccccc2)n1)C1CCCC1.I. The number of hydrogen-bond donors (Lipinski definition) is 2. The molecule has 1 atom stereocenters. The van der Waals surface area contributed by atoms with Crippen LogP contribution >= 0.6 is 24.0 Å². The Hall–Kier alpha value is -1.61. The van der Waals surface area contributed by atoms with Gasteiger partial charge in [0.1, 0.15) is 6.26 Å². The van der Waals surface area contributed by atoms with Gasteiger partial charge in [-0.2, -0.15) is 0 Å². The number of halogens is 1. The number of aromatic nitrogens is 1. The zero-order chi connectivity index (χ0) is 19.6. The Labute approximate surface area is 190 Å². The summed E-state index contributed by atoms with van der Waals surface area (Å²) in [4.78, 5) is 8.84. The largest absolute Gasteiger partial charge is 0.444 e. The van der Waals surface area contributed by atoms with Gasteiger partial charge in [0.05, 0.1) is 18.3 Å². The molecule has 0 saturated heterocycles. The van der Waals surface area contributed by atoms with Gasteiger partial charge < -0.3 is 19.8 Å². The molecule has 3 rings (SSSR count). The van der Waals surface area contributed by atoms with E-state index < -0.39 is 0 Å². The molecule has 7 heteroatoms. The van der Waals surface area contributed by atoms with E-state index in [1.54, 1.807) is 13.3 Å². The molecule has 0 radical (unpaired) electrons. The van der Waals surface area contributed by atoms with Crippen molar-refractivity contribution in [1.82, 2.24) is 15.6 Å². The number of hydrogen-bond acceptors (Lipinski definition) is 4. The highest BCUT2D eigenvalue weighted by atomic mass is 127. The lowest BCUT2D eigenvalue weighted by atomic mass is 9.98. The summed E-state index contributed by atoms with van der Waals surface area (Å²) in [5, 5.41) is 6.69. The second-order valence-electron chi connectivity index (χ2n) is 7.19. The molecule has 160 valence electrons. The molecule has 0 bridgehead atoms. The quantitative estimate of drug-likeness (QED) is 0.292. The molecule has 0 aliphatic heterocycles. The number of ether oxygens (including phenoxy) is 1. The van der Waals surface area contributed by atoms with Crippen LogP contribution in [0.5, 0.6) is 0 Å². The third-order valence-electron chi connectivity index (χ3n) is 5.26. The molecule has 1 unspecified atom stereocenters. The second-order valence-corrected chi connectivity index (χ2v) is 7.19. The van der Waals surface area contributed by atoms with E-state index in [0.717, 1.165) is 36.8 Å². The predicted octanol–water partition coefficient (Wildman–Crippen LogP) is 4.61. The summed E-state index contributed by atoms with van der Waals surface area (Å²) in [5.74, 6) is 2.12. The maximum atomic E-state index is 5.99. The van der Waals surface area contributed by atoms with E-state index in [1.807, 2.05) is 30.3 Å². The van der Waals surface area contributed by atoms with Gasteiger partial charge >= 0.3 is 0 Å². The first kappa shape index (κ1) is 23.7. The maximum Gasteiger partial charge on any atom is 0.226 e. The van der Waals surface area contributed by atoms with Crippen molar-refractivity contribution < 1.29 is 9.15 Å². The van der Waals surface area contributed by atoms with E-state index in [-0.39, 0.29) is 24.0 Å². The van der Waals surface area contributed by atoms with Gasteiger partial charge in [0, 0.05) is 25.8 Å². The Balaban J connectivity index is 0.00000300. The normalized spacial score (nSPS) is 15.7. The number of nitrogens with zero attached hydrogens (tertiary/aromatic N) is 2. The minimum Gasteiger partial charge on any atom is -0.444 e. The minimum atomic E-state index is 0. The van der Waals surface area contributed by atoms with Crippen LogP contribution in [-0.2, 0) is 11.3 Å². The lowest BCUT2D eigenvalue weighted by Crippen LogP contribution is -2.39. The summed E-state index contributed by atoms with van der Waals surface area (Å²) in [6, 6.07) is 9.91. The molecule has 29 heavy (non-hydrogen) atoms. The van der Waals surface area contributed by atoms with Crippen LogP contribution in [0.4, 0.5) is 0 Å². The number of aliphatic imine (C=N–C) groups is 1. The van der Waals surface area contributed by atoms with E-state index in [0.29, 0.717) is 24.5 Å². The van der Waals surface area contributed by atoms with Gasteiger partial charge in [-0.05, 0) is 44.2 Å². The molecule has 1 fully saturated rings. The smallest absolute Gasteiger partial charge is 0.226 e. The summed E-state index contributed by atoms with van der Waals surface area (Å²) in [5.41, 5.74) is 1.82. The number of benzene rings is 1. The van der Waals surface area contributed by atoms with E-state index in [9.17, 15) is 0 Å². The van der Waals surface area contributed by atoms with Crippen LogP contribution < -0.4 is 10.6 Å². The fourth-order valence-corrected chi connectivity index (χ4v) is 3.83. The molecule has 1 heterocycles. The average molecular weight is 512 g/mol. The topological polar surface area (TPSA) is 71.7 Å². The Kier molecular flexibility index (Phi) is 10.5. The summed E-state index contributed by atoms with van der Waals surface area (Å²) in [7, 11) is 1.78. The number of oxazole rings is 1. The van der Waals surface area contributed by atoms with Gasteiger partial charge in [-0.1, -0.05) is 31.0 Å². The summed E-state index contributed by atoms with van der Waals surface area (Å²) < 4.78 is 11.6. The lowest BCUT2D eigenvalue weighted by Gasteiger charge is -2.23. The van der Waals surface area contributed by atoms with Crippen molar-refractivity contribution in [2.45, 2.75) is 51.7 Å². The van der Waals surface area contributed by atoms with Gasteiger partial charge in [-0.25, -0.2) is 4.98 Å². The van der Waals surface area contributed by atoms with Crippen molar-refractivity contribution in [3.8, 4) is 11.5 Å². The van der Waals surface area contributed by atoms with Gasteiger partial charge in [-0.3, -0.25) is 4.99 Å². The molecule has 2 aromatic rings. The lowest BCUT2D eigenvalue weighted by molar-refractivity contribution is 0.0169. The molecule has 1 aromatic heterocycles. The molecule has 1 saturated carbocycles. The fraction of sp³-hybridized carbons (Fsp3) is 0.545. The van der Waals surface area contributed by atoms with Crippen LogP contribution in [0.25, 0.3) is 11.5 Å². The zero-order valence-corrected chi connectivity index (χ0v) is 19.7. The minimum absolute atomic E-state index is 0. The highest BCUT2D eigenvalue weighted by molar-refractivity contribution is 14.0. The van der Waals surface area contributed by atoms with Crippen LogP contribution in [0.2, 0.25) is 0 Å². The first-order chi connectivity index (χ1) is 13.8. The molecule has 0 amide bonds. The highest BCUT2D eigenvalue weighted by Crippen LogP contribution is 2.30. The standard InChI is InChI=1S/C22H32N4O2.HI/c1-3-27-20(17-9-7-8-10-17)13-14-24-22(23-2)25-15-19-16-28-21(26-19)18-11-5-4-6-12-18;/h4-6,11-12,16-17,20H,3,7-10,13-15H2,1-2H3,(H2,23,24,25);1H. The van der Waals surface area contributed by atoms with Crippen molar-refractivity contribution in [3.05, 3.63) is 42.3 Å².